The molecule has 6 aromatic carbocycles. The topological polar surface area (TPSA) is 0 Å². The fourth-order valence-corrected chi connectivity index (χ4v) is 5.44. The molecule has 0 N–H and O–H groups in total. The van der Waals surface area contributed by atoms with Crippen molar-refractivity contribution in [1.29, 1.82) is 0 Å². The Kier molecular flexibility index (Phi) is 3.65. The van der Waals surface area contributed by atoms with Gasteiger partial charge in [-0.2, -0.15) is 0 Å². The smallest absolute Gasteiger partial charge is 0.00137 e. The van der Waals surface area contributed by atoms with E-state index in [1.165, 1.54) is 66.1 Å². The minimum absolute atomic E-state index is 1.26. The molecule has 0 fully saturated rings. The predicted molar refractivity (Wildman–Crippen MR) is 137 cm³/mol. The third kappa shape index (κ3) is 2.38. The second-order valence-electron chi connectivity index (χ2n) is 8.52. The van der Waals surface area contributed by atoms with Gasteiger partial charge in [-0.25, -0.2) is 0 Å². The Morgan fingerprint density at radius 2 is 0.938 bits per heavy atom. The van der Waals surface area contributed by atoms with E-state index in [1.807, 2.05) is 0 Å². The Morgan fingerprint density at radius 3 is 1.69 bits per heavy atom. The zero-order valence-corrected chi connectivity index (χ0v) is 17.5. The van der Waals surface area contributed by atoms with Crippen molar-refractivity contribution >= 4 is 21.5 Å². The van der Waals surface area contributed by atoms with Gasteiger partial charge in [-0.15, -0.1) is 0 Å². The molecule has 148 valence electrons. The van der Waals surface area contributed by atoms with Crippen LogP contribution in [0.3, 0.4) is 0 Å². The second kappa shape index (κ2) is 6.67. The van der Waals surface area contributed by atoms with E-state index >= 15 is 0 Å². The molecule has 6 aromatic rings. The fraction of sp³-hybridized carbons (Fsp3) is 0. The molecule has 0 nitrogen and oxygen atoms in total. The van der Waals surface area contributed by atoms with E-state index in [-0.39, 0.29) is 0 Å². The molecular weight excluding hydrogens is 384 g/mol. The Morgan fingerprint density at radius 1 is 0.312 bits per heavy atom. The van der Waals surface area contributed by atoms with E-state index < -0.39 is 0 Å². The van der Waals surface area contributed by atoms with Crippen molar-refractivity contribution in [3.8, 4) is 44.5 Å². The Labute approximate surface area is 187 Å². The van der Waals surface area contributed by atoms with Gasteiger partial charge in [0.2, 0.25) is 0 Å². The molecule has 0 amide bonds. The highest BCUT2D eigenvalue weighted by molar-refractivity contribution is 6.29. The summed E-state index contributed by atoms with van der Waals surface area (Å²) < 4.78 is 0. The first-order chi connectivity index (χ1) is 15.9. The van der Waals surface area contributed by atoms with Crippen LogP contribution in [0.5, 0.6) is 0 Å². The van der Waals surface area contributed by atoms with Crippen LogP contribution < -0.4 is 0 Å². The number of benzene rings is 6. The maximum Gasteiger partial charge on any atom is -0.00137 e. The normalized spacial score (nSPS) is 11.8. The van der Waals surface area contributed by atoms with Crippen LogP contribution in [0, 0.1) is 0 Å². The van der Waals surface area contributed by atoms with Gasteiger partial charge in [0.15, 0.2) is 0 Å². The molecule has 0 spiro atoms. The summed E-state index contributed by atoms with van der Waals surface area (Å²) in [6.45, 7) is 0. The molecule has 0 bridgehead atoms. The summed E-state index contributed by atoms with van der Waals surface area (Å²) in [5.74, 6) is 0. The van der Waals surface area contributed by atoms with Crippen LogP contribution in [-0.2, 0) is 0 Å². The van der Waals surface area contributed by atoms with Crippen molar-refractivity contribution in [3.05, 3.63) is 121 Å². The molecule has 0 aliphatic heterocycles. The molecule has 0 atom stereocenters. The van der Waals surface area contributed by atoms with Crippen LogP contribution in [0.15, 0.2) is 121 Å². The number of hydrogen-bond donors (Lipinski definition) is 0. The van der Waals surface area contributed by atoms with Gasteiger partial charge in [0.1, 0.15) is 0 Å². The number of hydrogen-bond acceptors (Lipinski definition) is 0. The molecule has 0 unspecified atom stereocenters. The van der Waals surface area contributed by atoms with Gasteiger partial charge in [-0.3, -0.25) is 0 Å². The predicted octanol–water partition coefficient (Wildman–Crippen LogP) is 8.97. The van der Waals surface area contributed by atoms with E-state index in [4.69, 9.17) is 0 Å². The largest absolute Gasteiger partial charge is 0.0622 e. The molecule has 0 aromatic heterocycles. The SMILES string of the molecule is c1ccc(-c2ccc3c(c2)-c2cccc4c(-c5ccccc5)c5ccccc5c-3c24)cc1. The second-order valence-corrected chi connectivity index (χ2v) is 8.52. The molecule has 0 radical (unpaired) electrons. The Bertz CT molecular complexity index is 1640. The van der Waals surface area contributed by atoms with Gasteiger partial charge in [-0.05, 0) is 72.1 Å². The summed E-state index contributed by atoms with van der Waals surface area (Å²) in [6, 6.07) is 44.1. The van der Waals surface area contributed by atoms with Gasteiger partial charge >= 0.3 is 0 Å². The fourth-order valence-electron chi connectivity index (χ4n) is 5.44. The van der Waals surface area contributed by atoms with Crippen LogP contribution >= 0.6 is 0 Å². The van der Waals surface area contributed by atoms with E-state index in [9.17, 15) is 0 Å². The van der Waals surface area contributed by atoms with Gasteiger partial charge in [0.05, 0.1) is 0 Å². The highest BCUT2D eigenvalue weighted by Crippen LogP contribution is 2.53. The zero-order chi connectivity index (χ0) is 21.1. The first-order valence-corrected chi connectivity index (χ1v) is 11.1. The maximum absolute atomic E-state index is 2.37. The summed E-state index contributed by atoms with van der Waals surface area (Å²) in [7, 11) is 0. The minimum Gasteiger partial charge on any atom is -0.0622 e. The number of fused-ring (bicyclic) bond motifs is 5. The molecule has 0 saturated heterocycles. The van der Waals surface area contributed by atoms with Crippen molar-refractivity contribution in [1.82, 2.24) is 0 Å². The molecule has 0 heterocycles. The lowest BCUT2D eigenvalue weighted by Gasteiger charge is -2.15. The zero-order valence-electron chi connectivity index (χ0n) is 17.5. The van der Waals surface area contributed by atoms with Crippen molar-refractivity contribution in [2.75, 3.05) is 0 Å². The molecule has 32 heavy (non-hydrogen) atoms. The summed E-state index contributed by atoms with van der Waals surface area (Å²) in [6.07, 6.45) is 0. The van der Waals surface area contributed by atoms with E-state index in [0.29, 0.717) is 0 Å². The van der Waals surface area contributed by atoms with E-state index in [2.05, 4.69) is 121 Å². The standard InChI is InChI=1S/C32H20/c1-3-10-21(11-4-1)23-18-19-27-29(20-23)26-16-9-17-28-30(22-12-5-2-6-13-22)24-14-7-8-15-25(24)31(27)32(26)28/h1-20H. The average Bonchev–Trinajstić information content (AvgIpc) is 3.21. The van der Waals surface area contributed by atoms with Crippen LogP contribution in [0.25, 0.3) is 66.1 Å². The van der Waals surface area contributed by atoms with Gasteiger partial charge < -0.3 is 0 Å². The average molecular weight is 405 g/mol. The lowest BCUT2D eigenvalue weighted by molar-refractivity contribution is 1.62. The Balaban J connectivity index is 1.62. The molecule has 1 aliphatic rings. The van der Waals surface area contributed by atoms with Crippen molar-refractivity contribution in [2.24, 2.45) is 0 Å². The van der Waals surface area contributed by atoms with Crippen molar-refractivity contribution < 1.29 is 0 Å². The van der Waals surface area contributed by atoms with Crippen LogP contribution in [0.2, 0.25) is 0 Å². The highest BCUT2D eigenvalue weighted by atomic mass is 14.3. The third-order valence-electron chi connectivity index (χ3n) is 6.80. The van der Waals surface area contributed by atoms with Crippen LogP contribution in [-0.4, -0.2) is 0 Å². The lowest BCUT2D eigenvalue weighted by atomic mass is 9.88. The Hall–Kier alpha value is -4.16. The van der Waals surface area contributed by atoms with E-state index in [0.717, 1.165) is 0 Å². The monoisotopic (exact) mass is 404 g/mol. The minimum atomic E-state index is 1.26. The maximum atomic E-state index is 2.37. The van der Waals surface area contributed by atoms with Gasteiger partial charge in [0.25, 0.3) is 0 Å². The third-order valence-corrected chi connectivity index (χ3v) is 6.80. The lowest BCUT2D eigenvalue weighted by Crippen LogP contribution is -1.87. The van der Waals surface area contributed by atoms with Crippen LogP contribution in [0.1, 0.15) is 0 Å². The summed E-state index contributed by atoms with van der Waals surface area (Å²) in [4.78, 5) is 0. The molecular formula is C32H20. The summed E-state index contributed by atoms with van der Waals surface area (Å²) in [5, 5.41) is 5.36. The number of rotatable bonds is 2. The quantitative estimate of drug-likeness (QED) is 0.252. The first-order valence-electron chi connectivity index (χ1n) is 11.1. The molecule has 0 saturated carbocycles. The van der Waals surface area contributed by atoms with Crippen molar-refractivity contribution in [2.45, 2.75) is 0 Å². The summed E-state index contributed by atoms with van der Waals surface area (Å²) >= 11 is 0. The molecule has 7 rings (SSSR count). The van der Waals surface area contributed by atoms with E-state index in [1.54, 1.807) is 0 Å². The molecule has 0 heteroatoms. The summed E-state index contributed by atoms with van der Waals surface area (Å²) in [5.41, 5.74) is 10.5. The molecule has 1 aliphatic carbocycles. The highest BCUT2D eigenvalue weighted by Gasteiger charge is 2.26. The van der Waals surface area contributed by atoms with Crippen LogP contribution in [0.4, 0.5) is 0 Å². The first kappa shape index (κ1) is 17.5. The van der Waals surface area contributed by atoms with Gasteiger partial charge in [0, 0.05) is 0 Å². The van der Waals surface area contributed by atoms with Crippen molar-refractivity contribution in [3.63, 3.8) is 0 Å². The van der Waals surface area contributed by atoms with Gasteiger partial charge in [-0.1, -0.05) is 115 Å².